The van der Waals surface area contributed by atoms with Gasteiger partial charge in [-0.05, 0) is 65.8 Å². The van der Waals surface area contributed by atoms with E-state index in [1.165, 1.54) is 0 Å². The van der Waals surface area contributed by atoms with E-state index in [1.807, 2.05) is 24.3 Å². The number of nitrogens with one attached hydrogen (secondary N) is 6. The number of amides is 4. The molecule has 312 valence electrons. The third-order valence-corrected chi connectivity index (χ3v) is 12.3. The lowest BCUT2D eigenvalue weighted by molar-refractivity contribution is -0.129. The molecule has 5 aliphatic heterocycles. The van der Waals surface area contributed by atoms with Crippen LogP contribution in [0.5, 0.6) is 0 Å². The molecule has 8 N–H and O–H groups in total. The zero-order chi connectivity index (χ0) is 40.9. The Morgan fingerprint density at radius 2 is 1.19 bits per heavy atom. The van der Waals surface area contributed by atoms with Gasteiger partial charge < -0.3 is 36.8 Å². The fraction of sp³-hybridized carbons (Fsp3) is 0.476. The third-order valence-electron chi connectivity index (χ3n) is 11.0. The van der Waals surface area contributed by atoms with E-state index in [2.05, 4.69) is 40.5 Å². The molecular formula is C42H57N9O6S. The lowest BCUT2D eigenvalue weighted by atomic mass is 9.96. The summed E-state index contributed by atoms with van der Waals surface area (Å²) in [6.45, 7) is 5.05. The molecule has 0 unspecified atom stereocenters. The van der Waals surface area contributed by atoms with Crippen LogP contribution in [0.25, 0.3) is 0 Å². The van der Waals surface area contributed by atoms with Crippen molar-refractivity contribution in [3.05, 3.63) is 95.1 Å². The van der Waals surface area contributed by atoms with Crippen molar-refractivity contribution in [2.24, 2.45) is 5.73 Å². The maximum atomic E-state index is 14.2. The minimum Gasteiger partial charge on any atom is -0.350 e. The number of carbonyl (C=O) groups excluding carboxylic acids is 4. The average Bonchev–Trinajstić information content (AvgIpc) is 3.22. The zero-order valence-corrected chi connectivity index (χ0v) is 33.8. The van der Waals surface area contributed by atoms with Gasteiger partial charge in [-0.3, -0.25) is 19.2 Å². The number of nitrogens with two attached hydrogens (primary N) is 1. The molecule has 0 radical (unpaired) electrons. The topological polar surface area (TPSA) is 207 Å². The van der Waals surface area contributed by atoms with Crippen molar-refractivity contribution in [1.82, 2.24) is 29.9 Å². The molecule has 4 amide bonds. The first kappa shape index (κ1) is 42.9. The van der Waals surface area contributed by atoms with Crippen LogP contribution in [0.2, 0.25) is 0 Å². The SMILES string of the molecule is NCc1ccc(CNC(=O)[C@@H]2Cc3ccc(cc3)NC(=O)CCN3CCN(CCC(=O)Nc4ccc(cc4)C[C@@H](NS(=O)(=O)NC4CCCCC4)C(=O)N2)CC3)cc1. The van der Waals surface area contributed by atoms with E-state index in [1.54, 1.807) is 48.5 Å². The van der Waals surface area contributed by atoms with Crippen molar-refractivity contribution in [2.75, 3.05) is 49.9 Å². The molecule has 2 atom stereocenters. The lowest BCUT2D eigenvalue weighted by Crippen LogP contribution is -2.57. The Morgan fingerprint density at radius 3 is 1.72 bits per heavy atom. The Kier molecular flexibility index (Phi) is 15.4. The molecule has 2 fully saturated rings. The van der Waals surface area contributed by atoms with Crippen LogP contribution in [-0.2, 0) is 55.3 Å². The van der Waals surface area contributed by atoms with Crippen LogP contribution >= 0.6 is 0 Å². The second-order valence-corrected chi connectivity index (χ2v) is 17.0. The monoisotopic (exact) mass is 815 g/mol. The number of benzene rings is 3. The van der Waals surface area contributed by atoms with E-state index >= 15 is 0 Å². The van der Waals surface area contributed by atoms with E-state index in [0.29, 0.717) is 62.3 Å². The summed E-state index contributed by atoms with van der Waals surface area (Å²) in [5.41, 5.74) is 10.1. The van der Waals surface area contributed by atoms with E-state index in [-0.39, 0.29) is 37.2 Å². The van der Waals surface area contributed by atoms with Crippen LogP contribution in [0.4, 0.5) is 11.4 Å². The maximum Gasteiger partial charge on any atom is 0.277 e. The standard InChI is InChI=1S/C42H57N9O6S/c43-28-32-6-8-33(9-7-32)29-44-41(54)37-26-30-10-14-34(15-11-30)45-39(52)18-20-50-22-24-51(25-23-50)21-19-40(53)46-35-16-12-31(13-17-35)27-38(42(55)47-37)49-58(56,57)48-36-4-2-1-3-5-36/h6-17,36-38,48-49H,1-5,18-29,43H2,(H,44,54)(H,45,52)(H,46,53)(H,47,55)/t37-,38+/m0/s1. The molecule has 0 spiro atoms. The number of nitrogens with zero attached hydrogens (tertiary/aromatic N) is 2. The smallest absolute Gasteiger partial charge is 0.277 e. The van der Waals surface area contributed by atoms with Crippen LogP contribution in [0.1, 0.15) is 67.2 Å². The molecule has 5 heterocycles. The van der Waals surface area contributed by atoms with Crippen molar-refractivity contribution in [1.29, 1.82) is 0 Å². The van der Waals surface area contributed by atoms with Gasteiger partial charge in [0.2, 0.25) is 23.6 Å². The molecule has 9 rings (SSSR count). The van der Waals surface area contributed by atoms with Gasteiger partial charge >= 0.3 is 0 Å². The van der Waals surface area contributed by atoms with E-state index in [0.717, 1.165) is 62.1 Å². The molecule has 3 aromatic rings. The molecule has 16 heteroatoms. The molecule has 1 aliphatic carbocycles. The average molecular weight is 816 g/mol. The molecule has 6 aliphatic rings. The fourth-order valence-electron chi connectivity index (χ4n) is 7.56. The highest BCUT2D eigenvalue weighted by atomic mass is 32.2. The van der Waals surface area contributed by atoms with Crippen LogP contribution in [0, 0.1) is 0 Å². The molecule has 0 aromatic heterocycles. The summed E-state index contributed by atoms with van der Waals surface area (Å²) in [4.78, 5) is 58.4. The first-order chi connectivity index (χ1) is 28.0. The molecule has 15 nitrogen and oxygen atoms in total. The number of carbonyl (C=O) groups is 4. The summed E-state index contributed by atoms with van der Waals surface area (Å²) in [5.74, 6) is -1.37. The molecule has 58 heavy (non-hydrogen) atoms. The molecule has 1 saturated carbocycles. The summed E-state index contributed by atoms with van der Waals surface area (Å²) in [5, 5.41) is 11.7. The van der Waals surface area contributed by atoms with Crippen LogP contribution in [0.15, 0.2) is 72.8 Å². The molecule has 6 bridgehead atoms. The predicted molar refractivity (Wildman–Crippen MR) is 224 cm³/mol. The quantitative estimate of drug-likeness (QED) is 0.178. The summed E-state index contributed by atoms with van der Waals surface area (Å²) < 4.78 is 32.4. The van der Waals surface area contributed by atoms with Gasteiger partial charge in [0.15, 0.2) is 0 Å². The van der Waals surface area contributed by atoms with Gasteiger partial charge in [0.1, 0.15) is 12.1 Å². The summed E-state index contributed by atoms with van der Waals surface area (Å²) in [6, 6.07) is 19.0. The highest BCUT2D eigenvalue weighted by Gasteiger charge is 2.31. The van der Waals surface area contributed by atoms with E-state index in [4.69, 9.17) is 5.73 Å². The number of piperazine rings is 1. The second kappa shape index (κ2) is 20.8. The minimum absolute atomic E-state index is 0.0200. The van der Waals surface area contributed by atoms with Crippen molar-refractivity contribution >= 4 is 45.2 Å². The lowest BCUT2D eigenvalue weighted by Gasteiger charge is -2.34. The van der Waals surface area contributed by atoms with Gasteiger partial charge in [-0.2, -0.15) is 17.9 Å². The Labute approximate surface area is 341 Å². The third kappa shape index (κ3) is 13.4. The van der Waals surface area contributed by atoms with E-state index < -0.39 is 34.1 Å². The van der Waals surface area contributed by atoms with Crippen LogP contribution in [-0.4, -0.2) is 99.2 Å². The normalized spacial score (nSPS) is 23.2. The van der Waals surface area contributed by atoms with Crippen LogP contribution < -0.4 is 36.4 Å². The zero-order valence-electron chi connectivity index (χ0n) is 33.0. The van der Waals surface area contributed by atoms with Crippen molar-refractivity contribution in [2.45, 2.75) is 89.0 Å². The van der Waals surface area contributed by atoms with Crippen LogP contribution in [0.3, 0.4) is 0 Å². The number of hydrogen-bond acceptors (Lipinski definition) is 9. The largest absolute Gasteiger partial charge is 0.350 e. The van der Waals surface area contributed by atoms with Gasteiger partial charge in [0, 0.05) is 89.0 Å². The fourth-order valence-corrected chi connectivity index (χ4v) is 8.87. The second-order valence-electron chi connectivity index (χ2n) is 15.5. The van der Waals surface area contributed by atoms with Gasteiger partial charge in [0.05, 0.1) is 0 Å². The van der Waals surface area contributed by atoms with E-state index in [9.17, 15) is 27.6 Å². The summed E-state index contributed by atoms with van der Waals surface area (Å²) >= 11 is 0. The number of rotatable bonds is 8. The van der Waals surface area contributed by atoms with Crippen molar-refractivity contribution in [3.63, 3.8) is 0 Å². The van der Waals surface area contributed by atoms with Crippen molar-refractivity contribution in [3.8, 4) is 0 Å². The predicted octanol–water partition coefficient (Wildman–Crippen LogP) is 2.15. The van der Waals surface area contributed by atoms with Gasteiger partial charge in [-0.15, -0.1) is 0 Å². The maximum absolute atomic E-state index is 14.2. The first-order valence-corrected chi connectivity index (χ1v) is 21.9. The number of fused-ring (bicyclic) bond motifs is 3. The van der Waals surface area contributed by atoms with Gasteiger partial charge in [-0.1, -0.05) is 67.8 Å². The Hall–Kier alpha value is -4.71. The number of anilines is 2. The number of hydrogen-bond donors (Lipinski definition) is 7. The summed E-state index contributed by atoms with van der Waals surface area (Å²) in [7, 11) is -4.13. The summed E-state index contributed by atoms with van der Waals surface area (Å²) in [6.07, 6.45) is 5.01. The molecule has 1 saturated heterocycles. The van der Waals surface area contributed by atoms with Crippen molar-refractivity contribution < 1.29 is 27.6 Å². The highest BCUT2D eigenvalue weighted by Crippen LogP contribution is 2.19. The Morgan fingerprint density at radius 1 is 0.672 bits per heavy atom. The molecule has 3 aromatic carbocycles. The highest BCUT2D eigenvalue weighted by molar-refractivity contribution is 7.87. The Bertz CT molecular complexity index is 1950. The van der Waals surface area contributed by atoms with Gasteiger partial charge in [-0.25, -0.2) is 0 Å². The Balaban J connectivity index is 1.25. The molecular weight excluding hydrogens is 759 g/mol. The van der Waals surface area contributed by atoms with Gasteiger partial charge in [0.25, 0.3) is 10.2 Å². The minimum atomic E-state index is -4.13. The first-order valence-electron chi connectivity index (χ1n) is 20.4.